The van der Waals surface area contributed by atoms with Crippen molar-refractivity contribution in [2.45, 2.75) is 76.3 Å². The van der Waals surface area contributed by atoms with Gasteiger partial charge in [0.2, 0.25) is 0 Å². The van der Waals surface area contributed by atoms with Crippen LogP contribution in [-0.4, -0.2) is 21.3 Å². The van der Waals surface area contributed by atoms with Crippen molar-refractivity contribution in [2.24, 2.45) is 0 Å². The molecular formula is C13H22KNS2. The van der Waals surface area contributed by atoms with E-state index in [1.165, 1.54) is 64.2 Å². The molecule has 0 amide bonds. The van der Waals surface area contributed by atoms with E-state index in [-0.39, 0.29) is 51.4 Å². The Hall–Kier alpha value is 1.75. The Labute approximate surface area is 159 Å². The zero-order valence-electron chi connectivity index (χ0n) is 11.0. The van der Waals surface area contributed by atoms with E-state index < -0.39 is 0 Å². The predicted octanol–water partition coefficient (Wildman–Crippen LogP) is 0.790. The summed E-state index contributed by atoms with van der Waals surface area (Å²) < 4.78 is 0.735. The second-order valence-corrected chi connectivity index (χ2v) is 6.29. The second kappa shape index (κ2) is 8.83. The standard InChI is InChI=1S/C13H23NS2.K/c15-13(16)14(11-7-3-1-4-8-11)12-9-5-2-6-10-12;/h11-12H,1-10H2,(H,15,16);/q;+1/p-1. The average molecular weight is 296 g/mol. The Bertz CT molecular complexity index is 218. The zero-order valence-corrected chi connectivity index (χ0v) is 15.7. The maximum atomic E-state index is 5.32. The van der Waals surface area contributed by atoms with Gasteiger partial charge in [0, 0.05) is 12.1 Å². The molecule has 17 heavy (non-hydrogen) atoms. The molecule has 0 aromatic carbocycles. The molecule has 92 valence electrons. The van der Waals surface area contributed by atoms with Crippen LogP contribution in [0.5, 0.6) is 0 Å². The molecule has 0 aromatic rings. The Kier molecular flexibility index (Phi) is 8.72. The van der Waals surface area contributed by atoms with Crippen molar-refractivity contribution in [2.75, 3.05) is 0 Å². The van der Waals surface area contributed by atoms with Gasteiger partial charge in [-0.25, -0.2) is 0 Å². The second-order valence-electron chi connectivity index (χ2n) is 5.26. The summed E-state index contributed by atoms with van der Waals surface area (Å²) in [5.74, 6) is 0. The van der Waals surface area contributed by atoms with E-state index in [9.17, 15) is 0 Å². The summed E-state index contributed by atoms with van der Waals surface area (Å²) >= 11 is 10.6. The van der Waals surface area contributed by atoms with E-state index in [1.807, 2.05) is 0 Å². The average Bonchev–Trinajstić information content (AvgIpc) is 2.31. The van der Waals surface area contributed by atoms with Gasteiger partial charge in [0.15, 0.2) is 0 Å². The van der Waals surface area contributed by atoms with Crippen LogP contribution in [0.25, 0.3) is 0 Å². The Balaban J connectivity index is 0.00000144. The van der Waals surface area contributed by atoms with Gasteiger partial charge in [-0.15, -0.1) is 0 Å². The van der Waals surface area contributed by atoms with Crippen LogP contribution in [0, 0.1) is 0 Å². The normalized spacial score (nSPS) is 22.8. The van der Waals surface area contributed by atoms with Crippen LogP contribution >= 0.6 is 12.2 Å². The molecule has 2 fully saturated rings. The van der Waals surface area contributed by atoms with Gasteiger partial charge < -0.3 is 29.7 Å². The van der Waals surface area contributed by atoms with Gasteiger partial charge in [-0.3, -0.25) is 0 Å². The summed E-state index contributed by atoms with van der Waals surface area (Å²) in [6.45, 7) is 0. The monoisotopic (exact) mass is 295 g/mol. The maximum Gasteiger partial charge on any atom is 1.00 e. The van der Waals surface area contributed by atoms with Crippen LogP contribution in [-0.2, 0) is 12.6 Å². The molecule has 0 atom stereocenters. The fourth-order valence-corrected chi connectivity index (χ4v) is 3.91. The van der Waals surface area contributed by atoms with E-state index in [0.29, 0.717) is 12.1 Å². The van der Waals surface area contributed by atoms with Gasteiger partial charge in [-0.2, -0.15) is 0 Å². The van der Waals surface area contributed by atoms with Crippen molar-refractivity contribution in [1.29, 1.82) is 0 Å². The van der Waals surface area contributed by atoms with Gasteiger partial charge in [0.25, 0.3) is 0 Å². The maximum absolute atomic E-state index is 5.32. The molecule has 0 N–H and O–H groups in total. The first-order chi connectivity index (χ1) is 7.79. The molecule has 0 spiro atoms. The van der Waals surface area contributed by atoms with Crippen LogP contribution in [0.15, 0.2) is 0 Å². The molecule has 0 bridgehead atoms. The van der Waals surface area contributed by atoms with Gasteiger partial charge in [0.1, 0.15) is 0 Å². The van der Waals surface area contributed by atoms with E-state index >= 15 is 0 Å². The first-order valence-corrected chi connectivity index (χ1v) is 7.60. The number of thiocarbonyl (C=S) groups is 1. The summed E-state index contributed by atoms with van der Waals surface area (Å²) in [6, 6.07) is 1.34. The third-order valence-electron chi connectivity index (χ3n) is 4.15. The van der Waals surface area contributed by atoms with Gasteiger partial charge in [0.05, 0.1) is 0 Å². The quantitative estimate of drug-likeness (QED) is 0.421. The number of rotatable bonds is 2. The SMILES string of the molecule is S=C([S-])N(C1CCCCC1)C1CCCCC1.[K+]. The Morgan fingerprint density at radius 1 is 0.824 bits per heavy atom. The molecule has 2 aliphatic carbocycles. The predicted molar refractivity (Wildman–Crippen MR) is 75.5 cm³/mol. The van der Waals surface area contributed by atoms with Crippen LogP contribution in [0.4, 0.5) is 0 Å². The molecule has 0 aromatic heterocycles. The van der Waals surface area contributed by atoms with Crippen molar-refractivity contribution in [3.05, 3.63) is 0 Å². The fourth-order valence-electron chi connectivity index (χ4n) is 3.31. The number of hydrogen-bond donors (Lipinski definition) is 0. The van der Waals surface area contributed by atoms with Crippen molar-refractivity contribution in [3.63, 3.8) is 0 Å². The smallest absolute Gasteiger partial charge is 0.411 e. The third kappa shape index (κ3) is 4.97. The van der Waals surface area contributed by atoms with Crippen LogP contribution < -0.4 is 51.4 Å². The van der Waals surface area contributed by atoms with Crippen molar-refractivity contribution >= 4 is 29.2 Å². The fraction of sp³-hybridized carbons (Fsp3) is 0.923. The molecule has 0 saturated heterocycles. The summed E-state index contributed by atoms with van der Waals surface area (Å²) in [7, 11) is 0. The largest absolute Gasteiger partial charge is 1.00 e. The topological polar surface area (TPSA) is 3.24 Å². The minimum atomic E-state index is 0. The van der Waals surface area contributed by atoms with Crippen molar-refractivity contribution < 1.29 is 51.4 Å². The van der Waals surface area contributed by atoms with Gasteiger partial charge in [-0.1, -0.05) is 42.8 Å². The van der Waals surface area contributed by atoms with Crippen molar-refractivity contribution in [1.82, 2.24) is 4.90 Å². The van der Waals surface area contributed by atoms with Crippen LogP contribution in [0.1, 0.15) is 64.2 Å². The number of nitrogens with zero attached hydrogens (tertiary/aromatic N) is 1. The number of hydrogen-bond acceptors (Lipinski definition) is 2. The Morgan fingerprint density at radius 3 is 1.47 bits per heavy atom. The van der Waals surface area contributed by atoms with Gasteiger partial charge >= 0.3 is 51.4 Å². The summed E-state index contributed by atoms with van der Waals surface area (Å²) in [5, 5.41) is 0. The van der Waals surface area contributed by atoms with Crippen molar-refractivity contribution in [3.8, 4) is 0 Å². The molecule has 0 heterocycles. The van der Waals surface area contributed by atoms with E-state index in [0.717, 1.165) is 4.32 Å². The van der Waals surface area contributed by atoms with E-state index in [4.69, 9.17) is 24.8 Å². The summed E-state index contributed by atoms with van der Waals surface area (Å²) in [4.78, 5) is 2.43. The molecule has 2 rings (SSSR count). The minimum absolute atomic E-state index is 0. The minimum Gasteiger partial charge on any atom is -0.411 e. The molecule has 0 aliphatic heterocycles. The van der Waals surface area contributed by atoms with Crippen LogP contribution in [0.3, 0.4) is 0 Å². The third-order valence-corrected chi connectivity index (χ3v) is 4.57. The molecule has 2 saturated carbocycles. The first-order valence-electron chi connectivity index (χ1n) is 6.78. The van der Waals surface area contributed by atoms with Gasteiger partial charge in [-0.05, 0) is 25.7 Å². The molecular weight excluding hydrogens is 273 g/mol. The molecule has 1 nitrogen and oxygen atoms in total. The Morgan fingerprint density at radius 2 is 1.18 bits per heavy atom. The van der Waals surface area contributed by atoms with Crippen LogP contribution in [0.2, 0.25) is 0 Å². The summed E-state index contributed by atoms with van der Waals surface area (Å²) in [5.41, 5.74) is 0. The molecule has 4 heteroatoms. The molecule has 0 unspecified atom stereocenters. The molecule has 0 radical (unpaired) electrons. The molecule has 2 aliphatic rings. The first kappa shape index (κ1) is 16.8. The zero-order chi connectivity index (χ0) is 11.4. The summed E-state index contributed by atoms with van der Waals surface area (Å²) in [6.07, 6.45) is 13.5. The van der Waals surface area contributed by atoms with E-state index in [2.05, 4.69) is 4.90 Å². The van der Waals surface area contributed by atoms with E-state index in [1.54, 1.807) is 0 Å².